The second-order valence-electron chi connectivity index (χ2n) is 7.85. The van der Waals surface area contributed by atoms with Crippen LogP contribution in [-0.4, -0.2) is 32.2 Å². The summed E-state index contributed by atoms with van der Waals surface area (Å²) in [5.74, 6) is -0.297. The molecule has 2 rings (SSSR count). The summed E-state index contributed by atoms with van der Waals surface area (Å²) in [6.45, 7) is 7.65. The van der Waals surface area contributed by atoms with Crippen LogP contribution in [0.1, 0.15) is 38.3 Å². The second-order valence-corrected chi connectivity index (χ2v) is 9.71. The molecule has 1 unspecified atom stereocenters. The highest BCUT2D eigenvalue weighted by atomic mass is 32.2. The van der Waals surface area contributed by atoms with Crippen molar-refractivity contribution in [1.82, 2.24) is 5.32 Å². The smallest absolute Gasteiger partial charge is 0.244 e. The third-order valence-corrected chi connectivity index (χ3v) is 5.75. The summed E-state index contributed by atoms with van der Waals surface area (Å²) < 4.78 is 26.3. The monoisotopic (exact) mass is 402 g/mol. The van der Waals surface area contributed by atoms with E-state index < -0.39 is 21.6 Å². The van der Waals surface area contributed by atoms with Gasteiger partial charge in [-0.2, -0.15) is 0 Å². The van der Waals surface area contributed by atoms with Gasteiger partial charge in [-0.1, -0.05) is 55.0 Å². The standard InChI is InChI=1S/C22H30N2O3S/c1-6-20(24(28(5,26)27)19-14-12-17(2)13-15-19)21(25)23-22(3,4)16-18-10-8-7-9-11-18/h7-15,20H,6,16H2,1-5H3,(H,23,25). The number of nitrogens with zero attached hydrogens (tertiary/aromatic N) is 1. The minimum absolute atomic E-state index is 0.297. The molecule has 5 nitrogen and oxygen atoms in total. The first-order chi connectivity index (χ1) is 13.0. The fraction of sp³-hybridized carbons (Fsp3) is 0.409. The number of sulfonamides is 1. The number of carbonyl (C=O) groups is 1. The maximum atomic E-state index is 13.1. The number of rotatable bonds is 8. The minimum atomic E-state index is -3.63. The van der Waals surface area contributed by atoms with Crippen molar-refractivity contribution in [3.05, 3.63) is 65.7 Å². The highest BCUT2D eigenvalue weighted by Gasteiger charge is 2.34. The summed E-state index contributed by atoms with van der Waals surface area (Å²) >= 11 is 0. The van der Waals surface area contributed by atoms with E-state index in [2.05, 4.69) is 5.32 Å². The summed E-state index contributed by atoms with van der Waals surface area (Å²) in [5, 5.41) is 3.04. The molecule has 0 aromatic heterocycles. The fourth-order valence-electron chi connectivity index (χ4n) is 3.32. The van der Waals surface area contributed by atoms with Crippen molar-refractivity contribution in [3.8, 4) is 0 Å². The SMILES string of the molecule is CCC(C(=O)NC(C)(C)Cc1ccccc1)N(c1ccc(C)cc1)S(C)(=O)=O. The zero-order valence-electron chi connectivity index (χ0n) is 17.3. The van der Waals surface area contributed by atoms with Gasteiger partial charge in [0.1, 0.15) is 6.04 Å². The van der Waals surface area contributed by atoms with Crippen LogP contribution in [0.3, 0.4) is 0 Å². The zero-order valence-corrected chi connectivity index (χ0v) is 18.1. The molecule has 0 saturated heterocycles. The molecule has 0 bridgehead atoms. The van der Waals surface area contributed by atoms with Crippen LogP contribution in [0, 0.1) is 6.92 Å². The number of nitrogens with one attached hydrogen (secondary N) is 1. The lowest BCUT2D eigenvalue weighted by Crippen LogP contribution is -2.55. The first-order valence-corrected chi connectivity index (χ1v) is 11.3. The molecule has 0 aliphatic heterocycles. The van der Waals surface area contributed by atoms with Crippen LogP contribution in [0.4, 0.5) is 5.69 Å². The fourth-order valence-corrected chi connectivity index (χ4v) is 4.53. The van der Waals surface area contributed by atoms with Crippen molar-refractivity contribution < 1.29 is 13.2 Å². The predicted octanol–water partition coefficient (Wildman–Crippen LogP) is 3.68. The van der Waals surface area contributed by atoms with Gasteiger partial charge in [-0.3, -0.25) is 9.10 Å². The van der Waals surface area contributed by atoms with Crippen molar-refractivity contribution in [2.75, 3.05) is 10.6 Å². The lowest BCUT2D eigenvalue weighted by molar-refractivity contribution is -0.123. The molecule has 2 aromatic rings. The van der Waals surface area contributed by atoms with E-state index >= 15 is 0 Å². The number of hydrogen-bond acceptors (Lipinski definition) is 3. The van der Waals surface area contributed by atoms with Gasteiger partial charge in [-0.25, -0.2) is 8.42 Å². The Bertz CT molecular complexity index is 891. The molecule has 0 fully saturated rings. The Labute approximate surface area is 168 Å². The van der Waals surface area contributed by atoms with E-state index in [-0.39, 0.29) is 5.91 Å². The molecule has 0 heterocycles. The van der Waals surface area contributed by atoms with E-state index in [1.54, 1.807) is 12.1 Å². The lowest BCUT2D eigenvalue weighted by Gasteiger charge is -2.34. The van der Waals surface area contributed by atoms with E-state index in [1.807, 2.05) is 70.2 Å². The number of anilines is 1. The Morgan fingerprint density at radius 3 is 2.14 bits per heavy atom. The van der Waals surface area contributed by atoms with Crippen LogP contribution >= 0.6 is 0 Å². The van der Waals surface area contributed by atoms with Crippen LogP contribution in [0.25, 0.3) is 0 Å². The van der Waals surface area contributed by atoms with Crippen LogP contribution in [0.5, 0.6) is 0 Å². The van der Waals surface area contributed by atoms with Gasteiger partial charge in [-0.05, 0) is 51.3 Å². The summed E-state index contributed by atoms with van der Waals surface area (Å²) in [5.41, 5.74) is 2.12. The van der Waals surface area contributed by atoms with E-state index in [4.69, 9.17) is 0 Å². The molecular formula is C22H30N2O3S. The molecule has 0 spiro atoms. The summed E-state index contributed by atoms with van der Waals surface area (Å²) in [7, 11) is -3.63. The van der Waals surface area contributed by atoms with Crippen LogP contribution in [-0.2, 0) is 21.2 Å². The third-order valence-electron chi connectivity index (χ3n) is 4.57. The Morgan fingerprint density at radius 2 is 1.64 bits per heavy atom. The first kappa shape index (κ1) is 22.0. The highest BCUT2D eigenvalue weighted by Crippen LogP contribution is 2.24. The topological polar surface area (TPSA) is 66.5 Å². The van der Waals surface area contributed by atoms with Gasteiger partial charge >= 0.3 is 0 Å². The first-order valence-electron chi connectivity index (χ1n) is 9.45. The maximum absolute atomic E-state index is 13.1. The quantitative estimate of drug-likeness (QED) is 0.732. The van der Waals surface area contributed by atoms with Gasteiger partial charge in [0.25, 0.3) is 0 Å². The maximum Gasteiger partial charge on any atom is 0.244 e. The molecule has 152 valence electrons. The Morgan fingerprint density at radius 1 is 1.07 bits per heavy atom. The average Bonchev–Trinajstić information content (AvgIpc) is 2.59. The Kier molecular flexibility index (Phi) is 6.88. The number of carbonyl (C=O) groups excluding carboxylic acids is 1. The van der Waals surface area contributed by atoms with Crippen molar-refractivity contribution in [3.63, 3.8) is 0 Å². The molecule has 0 aliphatic carbocycles. The molecule has 2 aromatic carbocycles. The van der Waals surface area contributed by atoms with Crippen LogP contribution in [0.15, 0.2) is 54.6 Å². The van der Waals surface area contributed by atoms with Crippen molar-refractivity contribution in [2.24, 2.45) is 0 Å². The van der Waals surface area contributed by atoms with Crippen molar-refractivity contribution in [2.45, 2.75) is 52.1 Å². The van der Waals surface area contributed by atoms with Crippen molar-refractivity contribution >= 4 is 21.6 Å². The second kappa shape index (κ2) is 8.78. The molecule has 0 radical (unpaired) electrons. The normalized spacial score (nSPS) is 13.0. The summed E-state index contributed by atoms with van der Waals surface area (Å²) in [6, 6.07) is 16.3. The lowest BCUT2D eigenvalue weighted by atomic mass is 9.94. The van der Waals surface area contributed by atoms with Gasteiger partial charge in [0.15, 0.2) is 0 Å². The Hall–Kier alpha value is -2.34. The molecule has 6 heteroatoms. The molecule has 1 amide bonds. The van der Waals surface area contributed by atoms with E-state index in [1.165, 1.54) is 4.31 Å². The molecule has 0 aliphatic rings. The van der Waals surface area contributed by atoms with Gasteiger partial charge < -0.3 is 5.32 Å². The number of benzene rings is 2. The summed E-state index contributed by atoms with van der Waals surface area (Å²) in [6.07, 6.45) is 2.16. The van der Waals surface area contributed by atoms with Crippen LogP contribution in [0.2, 0.25) is 0 Å². The van der Waals surface area contributed by atoms with E-state index in [0.29, 0.717) is 18.5 Å². The van der Waals surface area contributed by atoms with Crippen LogP contribution < -0.4 is 9.62 Å². The number of hydrogen-bond donors (Lipinski definition) is 1. The van der Waals surface area contributed by atoms with Gasteiger partial charge in [0, 0.05) is 5.54 Å². The molecular weight excluding hydrogens is 372 g/mol. The van der Waals surface area contributed by atoms with Crippen molar-refractivity contribution in [1.29, 1.82) is 0 Å². The van der Waals surface area contributed by atoms with E-state index in [9.17, 15) is 13.2 Å². The molecule has 1 N–H and O–H groups in total. The average molecular weight is 403 g/mol. The zero-order chi connectivity index (χ0) is 20.9. The van der Waals surface area contributed by atoms with Gasteiger partial charge in [-0.15, -0.1) is 0 Å². The molecule has 28 heavy (non-hydrogen) atoms. The highest BCUT2D eigenvalue weighted by molar-refractivity contribution is 7.92. The largest absolute Gasteiger partial charge is 0.349 e. The third kappa shape index (κ3) is 5.83. The van der Waals surface area contributed by atoms with Gasteiger partial charge in [0.05, 0.1) is 11.9 Å². The Balaban J connectivity index is 2.27. The minimum Gasteiger partial charge on any atom is -0.349 e. The summed E-state index contributed by atoms with van der Waals surface area (Å²) in [4.78, 5) is 13.1. The molecule has 0 saturated carbocycles. The number of aryl methyl sites for hydroxylation is 1. The van der Waals surface area contributed by atoms with E-state index in [0.717, 1.165) is 17.4 Å². The molecule has 1 atom stereocenters. The van der Waals surface area contributed by atoms with Gasteiger partial charge in [0.2, 0.25) is 15.9 Å². The predicted molar refractivity (Wildman–Crippen MR) is 115 cm³/mol. The number of amides is 1.